The molecule has 2 aliphatic heterocycles. The van der Waals surface area contributed by atoms with Crippen LogP contribution in [0.5, 0.6) is 0 Å². The Bertz CT molecular complexity index is 377. The van der Waals surface area contributed by atoms with Crippen LogP contribution in [0.2, 0.25) is 0 Å². The minimum absolute atomic E-state index is 0.525. The number of anilines is 1. The molecule has 2 aliphatic rings. The van der Waals surface area contributed by atoms with Crippen molar-refractivity contribution in [3.05, 3.63) is 23.9 Å². The number of nitrogens with one attached hydrogen (secondary N) is 1. The Morgan fingerprint density at radius 3 is 2.67 bits per heavy atom. The molecular formula is C15H23N3. The zero-order valence-electron chi connectivity index (χ0n) is 11.1. The van der Waals surface area contributed by atoms with Gasteiger partial charge in [-0.25, -0.2) is 4.98 Å². The van der Waals surface area contributed by atoms with Crippen LogP contribution in [0.4, 0.5) is 5.82 Å². The fraction of sp³-hybridized carbons (Fsp3) is 0.667. The molecule has 0 saturated carbocycles. The molecule has 0 unspecified atom stereocenters. The van der Waals surface area contributed by atoms with Gasteiger partial charge in [0.25, 0.3) is 0 Å². The van der Waals surface area contributed by atoms with Crippen molar-refractivity contribution < 1.29 is 0 Å². The fourth-order valence-corrected chi connectivity index (χ4v) is 3.18. The van der Waals surface area contributed by atoms with E-state index in [9.17, 15) is 0 Å². The van der Waals surface area contributed by atoms with Crippen molar-refractivity contribution >= 4 is 5.82 Å². The summed E-state index contributed by atoms with van der Waals surface area (Å²) in [6.07, 6.45) is 9.87. The van der Waals surface area contributed by atoms with Crippen LogP contribution in [0, 0.1) is 0 Å². The molecule has 3 rings (SSSR count). The van der Waals surface area contributed by atoms with Gasteiger partial charge in [-0.1, -0.05) is 18.9 Å². The summed E-state index contributed by atoms with van der Waals surface area (Å²) in [5.74, 6) is 1.24. The lowest BCUT2D eigenvalue weighted by molar-refractivity contribution is 0.637. The maximum Gasteiger partial charge on any atom is 0.133 e. The molecule has 18 heavy (non-hydrogen) atoms. The Morgan fingerprint density at radius 2 is 1.94 bits per heavy atom. The first-order valence-corrected chi connectivity index (χ1v) is 7.38. The number of aromatic nitrogens is 1. The van der Waals surface area contributed by atoms with Gasteiger partial charge in [-0.3, -0.25) is 0 Å². The third-order valence-electron chi connectivity index (χ3n) is 4.16. The van der Waals surface area contributed by atoms with Gasteiger partial charge in [0.05, 0.1) is 0 Å². The first-order valence-electron chi connectivity index (χ1n) is 7.38. The highest BCUT2D eigenvalue weighted by atomic mass is 15.2. The predicted octanol–water partition coefficient (Wildman–Crippen LogP) is 2.89. The molecule has 0 bridgehead atoms. The molecule has 0 radical (unpaired) electrons. The second-order valence-corrected chi connectivity index (χ2v) is 5.47. The SMILES string of the molecule is c1cnc(N2CCCCCC2)c([C@H]2CCCN2)c1. The summed E-state index contributed by atoms with van der Waals surface area (Å²) >= 11 is 0. The van der Waals surface area contributed by atoms with E-state index in [1.807, 2.05) is 6.20 Å². The Hall–Kier alpha value is -1.09. The zero-order valence-corrected chi connectivity index (χ0v) is 11.1. The maximum atomic E-state index is 4.67. The molecule has 3 heteroatoms. The van der Waals surface area contributed by atoms with E-state index in [1.165, 1.54) is 63.0 Å². The van der Waals surface area contributed by atoms with Crippen LogP contribution in [0.25, 0.3) is 0 Å². The highest BCUT2D eigenvalue weighted by Gasteiger charge is 2.22. The monoisotopic (exact) mass is 245 g/mol. The molecular weight excluding hydrogens is 222 g/mol. The molecule has 98 valence electrons. The molecule has 1 N–H and O–H groups in total. The Morgan fingerprint density at radius 1 is 1.11 bits per heavy atom. The van der Waals surface area contributed by atoms with Gasteiger partial charge in [0, 0.05) is 30.9 Å². The van der Waals surface area contributed by atoms with Crippen LogP contribution in [0.1, 0.15) is 50.1 Å². The minimum Gasteiger partial charge on any atom is -0.356 e. The molecule has 3 heterocycles. The second kappa shape index (κ2) is 5.70. The molecule has 1 aromatic rings. The number of hydrogen-bond acceptors (Lipinski definition) is 3. The summed E-state index contributed by atoms with van der Waals surface area (Å²) in [6.45, 7) is 3.51. The molecule has 2 fully saturated rings. The molecule has 0 aromatic carbocycles. The van der Waals surface area contributed by atoms with Crippen molar-refractivity contribution in [2.24, 2.45) is 0 Å². The van der Waals surface area contributed by atoms with Crippen LogP contribution in [0.3, 0.4) is 0 Å². The average molecular weight is 245 g/mol. The summed E-state index contributed by atoms with van der Waals surface area (Å²) in [4.78, 5) is 7.18. The molecule has 3 nitrogen and oxygen atoms in total. The van der Waals surface area contributed by atoms with Crippen LogP contribution in [-0.4, -0.2) is 24.6 Å². The smallest absolute Gasteiger partial charge is 0.133 e. The van der Waals surface area contributed by atoms with Gasteiger partial charge in [-0.15, -0.1) is 0 Å². The predicted molar refractivity (Wildman–Crippen MR) is 74.9 cm³/mol. The summed E-state index contributed by atoms with van der Waals surface area (Å²) in [5, 5.41) is 3.60. The van der Waals surface area contributed by atoms with E-state index in [1.54, 1.807) is 0 Å². The topological polar surface area (TPSA) is 28.2 Å². The molecule has 2 saturated heterocycles. The zero-order chi connectivity index (χ0) is 12.2. The molecule has 0 aliphatic carbocycles. The van der Waals surface area contributed by atoms with E-state index in [2.05, 4.69) is 27.3 Å². The number of rotatable bonds is 2. The van der Waals surface area contributed by atoms with Gasteiger partial charge in [-0.05, 0) is 38.3 Å². The number of hydrogen-bond donors (Lipinski definition) is 1. The number of pyridine rings is 1. The maximum absolute atomic E-state index is 4.67. The Balaban J connectivity index is 1.85. The van der Waals surface area contributed by atoms with E-state index in [4.69, 9.17) is 0 Å². The van der Waals surface area contributed by atoms with E-state index >= 15 is 0 Å². The van der Waals surface area contributed by atoms with Crippen molar-refractivity contribution in [3.8, 4) is 0 Å². The van der Waals surface area contributed by atoms with Gasteiger partial charge >= 0.3 is 0 Å². The van der Waals surface area contributed by atoms with E-state index in [-0.39, 0.29) is 0 Å². The third kappa shape index (κ3) is 2.51. The number of nitrogens with zero attached hydrogens (tertiary/aromatic N) is 2. The summed E-state index contributed by atoms with van der Waals surface area (Å²) in [5.41, 5.74) is 1.41. The minimum atomic E-state index is 0.525. The summed E-state index contributed by atoms with van der Waals surface area (Å²) in [7, 11) is 0. The molecule has 1 atom stereocenters. The normalized spacial score (nSPS) is 25.1. The lowest BCUT2D eigenvalue weighted by atomic mass is 10.1. The fourth-order valence-electron chi connectivity index (χ4n) is 3.18. The van der Waals surface area contributed by atoms with Crippen molar-refractivity contribution in [1.82, 2.24) is 10.3 Å². The standard InChI is InChI=1S/C15H23N3/c1-2-4-12-18(11-3-1)15-13(7-5-10-17-15)14-8-6-9-16-14/h5,7,10,14,16H,1-4,6,8-9,11-12H2/t14-/m1/s1. The largest absolute Gasteiger partial charge is 0.356 e. The Kier molecular flexibility index (Phi) is 3.79. The van der Waals surface area contributed by atoms with Crippen LogP contribution < -0.4 is 10.2 Å². The lowest BCUT2D eigenvalue weighted by Crippen LogP contribution is -2.27. The van der Waals surface area contributed by atoms with Crippen molar-refractivity contribution in [1.29, 1.82) is 0 Å². The van der Waals surface area contributed by atoms with Crippen molar-refractivity contribution in [3.63, 3.8) is 0 Å². The second-order valence-electron chi connectivity index (χ2n) is 5.47. The Labute approximate surface area is 110 Å². The third-order valence-corrected chi connectivity index (χ3v) is 4.16. The van der Waals surface area contributed by atoms with Gasteiger partial charge in [0.15, 0.2) is 0 Å². The van der Waals surface area contributed by atoms with E-state index in [0.717, 1.165) is 6.54 Å². The van der Waals surface area contributed by atoms with E-state index < -0.39 is 0 Å². The highest BCUT2D eigenvalue weighted by molar-refractivity contribution is 5.48. The lowest BCUT2D eigenvalue weighted by Gasteiger charge is -2.26. The molecule has 0 spiro atoms. The average Bonchev–Trinajstić information content (AvgIpc) is 2.81. The molecule has 0 amide bonds. The van der Waals surface area contributed by atoms with Crippen molar-refractivity contribution in [2.45, 2.75) is 44.6 Å². The van der Waals surface area contributed by atoms with Crippen molar-refractivity contribution in [2.75, 3.05) is 24.5 Å². The first-order chi connectivity index (χ1) is 8.95. The van der Waals surface area contributed by atoms with Crippen LogP contribution >= 0.6 is 0 Å². The van der Waals surface area contributed by atoms with E-state index in [0.29, 0.717) is 6.04 Å². The van der Waals surface area contributed by atoms with Gasteiger partial charge in [0.1, 0.15) is 5.82 Å². The highest BCUT2D eigenvalue weighted by Crippen LogP contribution is 2.30. The van der Waals surface area contributed by atoms with Crippen LogP contribution in [0.15, 0.2) is 18.3 Å². The summed E-state index contributed by atoms with van der Waals surface area (Å²) in [6, 6.07) is 4.87. The van der Waals surface area contributed by atoms with Crippen LogP contribution in [-0.2, 0) is 0 Å². The summed E-state index contributed by atoms with van der Waals surface area (Å²) < 4.78 is 0. The molecule has 1 aromatic heterocycles. The first kappa shape index (κ1) is 12.0. The van der Waals surface area contributed by atoms with Gasteiger partial charge in [0.2, 0.25) is 0 Å². The quantitative estimate of drug-likeness (QED) is 0.868. The van der Waals surface area contributed by atoms with Gasteiger partial charge < -0.3 is 10.2 Å². The van der Waals surface area contributed by atoms with Gasteiger partial charge in [-0.2, -0.15) is 0 Å².